The van der Waals surface area contributed by atoms with Gasteiger partial charge in [0.2, 0.25) is 0 Å². The van der Waals surface area contributed by atoms with Crippen LogP contribution < -0.4 is 31.1 Å². The monoisotopic (exact) mass is 1040 g/mol. The Labute approximate surface area is 478 Å². The van der Waals surface area contributed by atoms with Crippen LogP contribution in [0.5, 0.6) is 0 Å². The molecular formula is C76H78BN3. The van der Waals surface area contributed by atoms with E-state index in [-0.39, 0.29) is 33.9 Å². The predicted octanol–water partition coefficient (Wildman–Crippen LogP) is 19.2. The summed E-state index contributed by atoms with van der Waals surface area (Å²) in [6.45, 7) is 26.3. The third-order valence-electron chi connectivity index (χ3n) is 19.2. The molecule has 13 rings (SSSR count). The van der Waals surface area contributed by atoms with E-state index in [1.165, 1.54) is 143 Å². The van der Waals surface area contributed by atoms with E-state index in [1.807, 2.05) is 0 Å². The largest absolute Gasteiger partial charge is 0.334 e. The molecular weight excluding hydrogens is 966 g/mol. The maximum atomic E-state index is 2.84. The van der Waals surface area contributed by atoms with Crippen molar-refractivity contribution in [1.29, 1.82) is 0 Å². The molecule has 0 saturated heterocycles. The van der Waals surface area contributed by atoms with Crippen molar-refractivity contribution in [2.24, 2.45) is 0 Å². The molecule has 2 atom stereocenters. The smallest absolute Gasteiger partial charge is 0.252 e. The molecule has 0 amide bonds. The number of benzene rings is 9. The van der Waals surface area contributed by atoms with Crippen LogP contribution in [-0.4, -0.2) is 12.3 Å². The summed E-state index contributed by atoms with van der Waals surface area (Å²) in [6.07, 6.45) is 7.27. The molecule has 80 heavy (non-hydrogen) atoms. The highest BCUT2D eigenvalue weighted by Gasteiger charge is 2.57. The number of anilines is 8. The first kappa shape index (κ1) is 51.9. The number of para-hydroxylation sites is 1. The average Bonchev–Trinajstić information content (AvgIpc) is 1.86. The van der Waals surface area contributed by atoms with E-state index >= 15 is 0 Å². The Bertz CT molecular complexity index is 3840. The molecule has 9 aromatic rings. The Morgan fingerprint density at radius 1 is 0.362 bits per heavy atom. The molecule has 400 valence electrons. The van der Waals surface area contributed by atoms with Gasteiger partial charge in [-0.25, -0.2) is 0 Å². The summed E-state index contributed by atoms with van der Waals surface area (Å²) in [7, 11) is 0. The van der Waals surface area contributed by atoms with Gasteiger partial charge in [0, 0.05) is 50.7 Å². The van der Waals surface area contributed by atoms with Crippen LogP contribution in [0.15, 0.2) is 200 Å². The minimum Gasteiger partial charge on any atom is -0.334 e. The molecule has 0 bridgehead atoms. The van der Waals surface area contributed by atoms with Gasteiger partial charge in [-0.1, -0.05) is 241 Å². The van der Waals surface area contributed by atoms with E-state index < -0.39 is 0 Å². The summed E-state index contributed by atoms with van der Waals surface area (Å²) in [6, 6.07) is 77.6. The van der Waals surface area contributed by atoms with Crippen molar-refractivity contribution >= 4 is 68.6 Å². The van der Waals surface area contributed by atoms with Gasteiger partial charge in [-0.15, -0.1) is 0 Å². The Morgan fingerprint density at radius 2 is 0.838 bits per heavy atom. The van der Waals surface area contributed by atoms with E-state index in [4.69, 9.17) is 0 Å². The third kappa shape index (κ3) is 8.37. The molecule has 0 N–H and O–H groups in total. The third-order valence-corrected chi connectivity index (χ3v) is 19.2. The van der Waals surface area contributed by atoms with Crippen LogP contribution in [0.4, 0.5) is 45.5 Å². The first-order valence-electron chi connectivity index (χ1n) is 29.8. The Morgan fingerprint density at radius 3 is 1.39 bits per heavy atom. The highest BCUT2D eigenvalue weighted by molar-refractivity contribution is 7.00. The first-order chi connectivity index (χ1) is 38.3. The second-order valence-corrected chi connectivity index (χ2v) is 27.2. The standard InChI is InChI=1S/C76H78BN3/c1-72(2,3)55-36-40-64(59(46-55)52-29-19-15-20-30-52)78-67-42-38-57(74(7,8)9)48-63(67)77-62-39-35-54(51-27-17-14-18-28-51)45-68(62)79(65-41-37-56(73(4,5)6)47-60(65)53-31-21-16-22-32-53)70-50-58(49-69(78)71(70)77)80-66-34-24-23-33-61(66)75(10)43-25-12-13-26-44-76(75,80)11/h14-24,27-42,45-50H,12-13,25-26,43-44H2,1-11H3. The average molecular weight is 1040 g/mol. The Balaban J connectivity index is 1.21. The van der Waals surface area contributed by atoms with Crippen molar-refractivity contribution in [3.8, 4) is 33.4 Å². The van der Waals surface area contributed by atoms with Crippen molar-refractivity contribution in [3.05, 3.63) is 222 Å². The lowest BCUT2D eigenvalue weighted by atomic mass is 9.33. The minimum absolute atomic E-state index is 0.0568. The van der Waals surface area contributed by atoms with Crippen LogP contribution in [0.3, 0.4) is 0 Å². The zero-order valence-corrected chi connectivity index (χ0v) is 49.2. The Hall–Kier alpha value is -7.56. The van der Waals surface area contributed by atoms with E-state index in [1.54, 1.807) is 0 Å². The van der Waals surface area contributed by atoms with Crippen LogP contribution in [0.2, 0.25) is 0 Å². The molecule has 3 heterocycles. The molecule has 2 unspecified atom stereocenters. The lowest BCUT2D eigenvalue weighted by Crippen LogP contribution is -2.61. The zero-order chi connectivity index (χ0) is 55.5. The van der Waals surface area contributed by atoms with E-state index in [0.717, 1.165) is 12.8 Å². The van der Waals surface area contributed by atoms with Gasteiger partial charge in [0.15, 0.2) is 0 Å². The van der Waals surface area contributed by atoms with Gasteiger partial charge >= 0.3 is 0 Å². The van der Waals surface area contributed by atoms with Crippen LogP contribution in [0.1, 0.15) is 137 Å². The van der Waals surface area contributed by atoms with Crippen molar-refractivity contribution in [2.45, 2.75) is 142 Å². The SMILES string of the molecule is CC(C)(C)c1ccc2c(c1)B1c3ccc(-c4ccccc4)cc3N(c3ccc(C(C)(C)C)cc3-c3ccccc3)c3cc(N4c5ccccc5C5(C)CCCCCCC45C)cc(c31)N2c1ccc(C(C)(C)C)cc1-c1ccccc1. The highest BCUT2D eigenvalue weighted by atomic mass is 15.3. The number of nitrogens with zero attached hydrogens (tertiary/aromatic N) is 3. The molecule has 9 aromatic carbocycles. The molecule has 0 aromatic heterocycles. The lowest BCUT2D eigenvalue weighted by molar-refractivity contribution is 0.218. The van der Waals surface area contributed by atoms with Gasteiger partial charge in [-0.05, 0) is 152 Å². The normalized spacial score (nSPS) is 18.6. The second-order valence-electron chi connectivity index (χ2n) is 27.2. The Kier molecular flexibility index (Phi) is 12.3. The summed E-state index contributed by atoms with van der Waals surface area (Å²) >= 11 is 0. The molecule has 3 aliphatic heterocycles. The lowest BCUT2D eigenvalue weighted by Gasteiger charge is -2.50. The van der Waals surface area contributed by atoms with Crippen molar-refractivity contribution in [2.75, 3.05) is 14.7 Å². The molecule has 1 fully saturated rings. The van der Waals surface area contributed by atoms with Crippen molar-refractivity contribution in [1.82, 2.24) is 0 Å². The van der Waals surface area contributed by atoms with Gasteiger partial charge in [-0.2, -0.15) is 0 Å². The van der Waals surface area contributed by atoms with Gasteiger partial charge < -0.3 is 14.7 Å². The highest BCUT2D eigenvalue weighted by Crippen LogP contribution is 2.61. The van der Waals surface area contributed by atoms with Crippen LogP contribution >= 0.6 is 0 Å². The molecule has 4 aliphatic rings. The van der Waals surface area contributed by atoms with Crippen LogP contribution in [0, 0.1) is 0 Å². The zero-order valence-electron chi connectivity index (χ0n) is 49.2. The number of rotatable bonds is 6. The van der Waals surface area contributed by atoms with Gasteiger partial charge in [0.1, 0.15) is 0 Å². The summed E-state index contributed by atoms with van der Waals surface area (Å²) in [5.41, 5.74) is 26.1. The number of hydrogen-bond donors (Lipinski definition) is 0. The van der Waals surface area contributed by atoms with E-state index in [9.17, 15) is 0 Å². The fourth-order valence-corrected chi connectivity index (χ4v) is 14.5. The molecule has 4 heteroatoms. The fraction of sp³-hybridized carbons (Fsp3) is 0.289. The van der Waals surface area contributed by atoms with E-state index in [0.29, 0.717) is 0 Å². The number of fused-ring (bicyclic) bond motifs is 7. The first-order valence-corrected chi connectivity index (χ1v) is 29.8. The molecule has 0 spiro atoms. The molecule has 1 aliphatic carbocycles. The second kappa shape index (κ2) is 19.0. The maximum absolute atomic E-state index is 2.84. The summed E-state index contributed by atoms with van der Waals surface area (Å²) in [4.78, 5) is 8.24. The topological polar surface area (TPSA) is 9.72 Å². The van der Waals surface area contributed by atoms with Crippen molar-refractivity contribution in [3.63, 3.8) is 0 Å². The van der Waals surface area contributed by atoms with E-state index in [2.05, 4.69) is 291 Å². The number of hydrogen-bond acceptors (Lipinski definition) is 3. The molecule has 1 saturated carbocycles. The van der Waals surface area contributed by atoms with Gasteiger partial charge in [-0.3, -0.25) is 0 Å². The predicted molar refractivity (Wildman–Crippen MR) is 345 cm³/mol. The quantitative estimate of drug-likeness (QED) is 0.154. The maximum Gasteiger partial charge on any atom is 0.252 e. The van der Waals surface area contributed by atoms with Crippen LogP contribution in [-0.2, 0) is 21.7 Å². The van der Waals surface area contributed by atoms with Crippen LogP contribution in [0.25, 0.3) is 33.4 Å². The van der Waals surface area contributed by atoms with Gasteiger partial charge in [0.25, 0.3) is 6.71 Å². The summed E-state index contributed by atoms with van der Waals surface area (Å²) in [5, 5.41) is 0. The van der Waals surface area contributed by atoms with Gasteiger partial charge in [0.05, 0.1) is 16.9 Å². The fourth-order valence-electron chi connectivity index (χ4n) is 14.5. The summed E-state index contributed by atoms with van der Waals surface area (Å²) in [5.74, 6) is 0. The summed E-state index contributed by atoms with van der Waals surface area (Å²) < 4.78 is 0. The van der Waals surface area contributed by atoms with Crippen molar-refractivity contribution < 1.29 is 0 Å². The molecule has 3 nitrogen and oxygen atoms in total. The minimum atomic E-state index is -0.193. The molecule has 0 radical (unpaired) electrons.